The molecule has 15 heavy (non-hydrogen) atoms. The second-order valence-electron chi connectivity index (χ2n) is 3.83. The summed E-state index contributed by atoms with van der Waals surface area (Å²) in [6.07, 6.45) is 10.9. The number of carboxylic acid groups (broad SMARTS) is 1. The molecule has 0 rings (SSSR count). The van der Waals surface area contributed by atoms with Gasteiger partial charge in [-0.2, -0.15) is 0 Å². The first kappa shape index (κ1) is 14.0. The third-order valence-corrected chi connectivity index (χ3v) is 2.35. The van der Waals surface area contributed by atoms with E-state index in [4.69, 9.17) is 5.11 Å². The van der Waals surface area contributed by atoms with Crippen LogP contribution in [0.1, 0.15) is 64.7 Å². The molecule has 0 aromatic rings. The molecule has 2 nitrogen and oxygen atoms in total. The monoisotopic (exact) mass is 210 g/mol. The average molecular weight is 210 g/mol. The van der Waals surface area contributed by atoms with Crippen LogP contribution in [0.5, 0.6) is 0 Å². The van der Waals surface area contributed by atoms with Gasteiger partial charge in [0.05, 0.1) is 0 Å². The van der Waals surface area contributed by atoms with Crippen LogP contribution in [0, 0.1) is 11.8 Å². The Labute approximate surface area is 93.1 Å². The van der Waals surface area contributed by atoms with Gasteiger partial charge in [-0.05, 0) is 6.42 Å². The summed E-state index contributed by atoms with van der Waals surface area (Å²) in [7, 11) is 0. The van der Waals surface area contributed by atoms with E-state index in [2.05, 4.69) is 18.8 Å². The molecule has 0 radical (unpaired) electrons. The highest BCUT2D eigenvalue weighted by Gasteiger charge is 1.90. The first-order chi connectivity index (χ1) is 7.27. The Morgan fingerprint density at radius 3 is 2.07 bits per heavy atom. The van der Waals surface area contributed by atoms with Gasteiger partial charge in [0.1, 0.15) is 0 Å². The van der Waals surface area contributed by atoms with Crippen LogP contribution in [0.2, 0.25) is 0 Å². The minimum Gasteiger partial charge on any atom is -0.472 e. The number of carbonyl (C=O) groups is 1. The van der Waals surface area contributed by atoms with Crippen LogP contribution in [0.3, 0.4) is 0 Å². The maximum absolute atomic E-state index is 10.1. The van der Waals surface area contributed by atoms with Crippen molar-refractivity contribution in [2.24, 2.45) is 0 Å². The molecule has 0 amide bonds. The third-order valence-electron chi connectivity index (χ3n) is 2.35. The van der Waals surface area contributed by atoms with Crippen LogP contribution in [0.25, 0.3) is 0 Å². The van der Waals surface area contributed by atoms with Gasteiger partial charge < -0.3 is 5.11 Å². The van der Waals surface area contributed by atoms with Gasteiger partial charge in [0.25, 0.3) is 0 Å². The van der Waals surface area contributed by atoms with Crippen LogP contribution in [0.15, 0.2) is 0 Å². The smallest absolute Gasteiger partial charge is 0.381 e. The van der Waals surface area contributed by atoms with E-state index in [1.54, 1.807) is 0 Å². The van der Waals surface area contributed by atoms with Crippen LogP contribution in [0.4, 0.5) is 0 Å². The minimum atomic E-state index is -1.02. The van der Waals surface area contributed by atoms with Crippen LogP contribution in [-0.4, -0.2) is 11.1 Å². The lowest BCUT2D eigenvalue weighted by molar-refractivity contribution is -0.130. The van der Waals surface area contributed by atoms with Crippen molar-refractivity contribution in [3.8, 4) is 11.8 Å². The summed E-state index contributed by atoms with van der Waals surface area (Å²) in [5, 5.41) is 8.26. The van der Waals surface area contributed by atoms with Gasteiger partial charge in [0, 0.05) is 12.3 Å². The lowest BCUT2D eigenvalue weighted by atomic mass is 10.1. The molecule has 0 aromatic carbocycles. The van der Waals surface area contributed by atoms with E-state index in [1.807, 2.05) is 0 Å². The second-order valence-corrected chi connectivity index (χ2v) is 3.83. The lowest BCUT2D eigenvalue weighted by Gasteiger charge is -1.98. The molecular weight excluding hydrogens is 188 g/mol. The molecule has 0 saturated carbocycles. The Hall–Kier alpha value is -0.970. The van der Waals surface area contributed by atoms with Gasteiger partial charge in [0.2, 0.25) is 0 Å². The Kier molecular flexibility index (Phi) is 10.4. The molecule has 0 aliphatic carbocycles. The third kappa shape index (κ3) is 13.0. The number of hydrogen-bond donors (Lipinski definition) is 1. The molecule has 0 fully saturated rings. The summed E-state index contributed by atoms with van der Waals surface area (Å²) in [6, 6.07) is 0. The van der Waals surface area contributed by atoms with Crippen molar-refractivity contribution in [1.82, 2.24) is 0 Å². The van der Waals surface area contributed by atoms with Crippen molar-refractivity contribution in [2.45, 2.75) is 64.7 Å². The van der Waals surface area contributed by atoms with Crippen molar-refractivity contribution in [2.75, 3.05) is 0 Å². The van der Waals surface area contributed by atoms with E-state index in [1.165, 1.54) is 44.9 Å². The summed E-state index contributed by atoms with van der Waals surface area (Å²) in [5.74, 6) is 3.76. The van der Waals surface area contributed by atoms with Gasteiger partial charge in [0.15, 0.2) is 0 Å². The fourth-order valence-electron chi connectivity index (χ4n) is 1.49. The molecule has 0 spiro atoms. The standard InChI is InChI=1S/C13H22O2/c1-2-3-4-5-6-7-8-9-10-11-12-13(14)15/h2-10H2,1H3,(H,14,15). The topological polar surface area (TPSA) is 37.3 Å². The van der Waals surface area contributed by atoms with Crippen molar-refractivity contribution in [3.63, 3.8) is 0 Å². The number of rotatable bonds is 8. The molecule has 0 aliphatic heterocycles. The first-order valence-corrected chi connectivity index (χ1v) is 5.99. The highest BCUT2D eigenvalue weighted by atomic mass is 16.4. The normalized spacial score (nSPS) is 9.40. The Morgan fingerprint density at radius 1 is 1.00 bits per heavy atom. The van der Waals surface area contributed by atoms with E-state index in [-0.39, 0.29) is 0 Å². The fraction of sp³-hybridized carbons (Fsp3) is 0.769. The molecule has 0 atom stereocenters. The molecule has 0 unspecified atom stereocenters. The fourth-order valence-corrected chi connectivity index (χ4v) is 1.49. The van der Waals surface area contributed by atoms with Gasteiger partial charge in [-0.25, -0.2) is 4.79 Å². The van der Waals surface area contributed by atoms with Crippen LogP contribution < -0.4 is 0 Å². The molecule has 0 aromatic heterocycles. The van der Waals surface area contributed by atoms with E-state index in [9.17, 15) is 4.79 Å². The number of hydrogen-bond acceptors (Lipinski definition) is 1. The van der Waals surface area contributed by atoms with E-state index < -0.39 is 5.97 Å². The molecule has 0 bridgehead atoms. The van der Waals surface area contributed by atoms with Crippen LogP contribution >= 0.6 is 0 Å². The summed E-state index contributed by atoms with van der Waals surface area (Å²) in [6.45, 7) is 2.22. The predicted molar refractivity (Wildman–Crippen MR) is 62.6 cm³/mol. The zero-order chi connectivity index (χ0) is 11.4. The lowest BCUT2D eigenvalue weighted by Crippen LogP contribution is -1.86. The number of aliphatic carboxylic acids is 1. The summed E-state index contributed by atoms with van der Waals surface area (Å²) >= 11 is 0. The van der Waals surface area contributed by atoms with Gasteiger partial charge in [-0.1, -0.05) is 57.8 Å². The van der Waals surface area contributed by atoms with Crippen molar-refractivity contribution < 1.29 is 9.90 Å². The largest absolute Gasteiger partial charge is 0.472 e. The Balaban J connectivity index is 3.06. The zero-order valence-electron chi connectivity index (χ0n) is 9.72. The van der Waals surface area contributed by atoms with Crippen molar-refractivity contribution in [3.05, 3.63) is 0 Å². The highest BCUT2D eigenvalue weighted by Crippen LogP contribution is 2.08. The van der Waals surface area contributed by atoms with E-state index >= 15 is 0 Å². The summed E-state index contributed by atoms with van der Waals surface area (Å²) < 4.78 is 0. The molecule has 2 heteroatoms. The second kappa shape index (κ2) is 11.1. The highest BCUT2D eigenvalue weighted by molar-refractivity contribution is 5.86. The van der Waals surface area contributed by atoms with E-state index in [0.29, 0.717) is 0 Å². The molecule has 0 aliphatic rings. The maximum atomic E-state index is 10.1. The zero-order valence-corrected chi connectivity index (χ0v) is 9.72. The SMILES string of the molecule is CCCCCCCCCCC#CC(=O)O. The quantitative estimate of drug-likeness (QED) is 0.491. The molecule has 0 saturated heterocycles. The minimum absolute atomic E-state index is 0.723. The Morgan fingerprint density at radius 2 is 1.53 bits per heavy atom. The van der Waals surface area contributed by atoms with E-state index in [0.717, 1.165) is 12.8 Å². The molecule has 0 heterocycles. The summed E-state index contributed by atoms with van der Waals surface area (Å²) in [4.78, 5) is 10.1. The molecule has 1 N–H and O–H groups in total. The van der Waals surface area contributed by atoms with Gasteiger partial charge >= 0.3 is 5.97 Å². The maximum Gasteiger partial charge on any atom is 0.381 e. The number of unbranched alkanes of at least 4 members (excludes halogenated alkanes) is 8. The van der Waals surface area contributed by atoms with Crippen molar-refractivity contribution in [1.29, 1.82) is 0 Å². The van der Waals surface area contributed by atoms with Crippen LogP contribution in [-0.2, 0) is 4.79 Å². The predicted octanol–water partition coefficient (Wildman–Crippen LogP) is 3.61. The molecule has 86 valence electrons. The number of carboxylic acids is 1. The first-order valence-electron chi connectivity index (χ1n) is 5.99. The Bertz CT molecular complexity index is 210. The van der Waals surface area contributed by atoms with Crippen molar-refractivity contribution >= 4 is 5.97 Å². The van der Waals surface area contributed by atoms with Gasteiger partial charge in [-0.3, -0.25) is 0 Å². The average Bonchev–Trinajstić information content (AvgIpc) is 2.20. The summed E-state index contributed by atoms with van der Waals surface area (Å²) in [5.41, 5.74) is 0. The van der Waals surface area contributed by atoms with Gasteiger partial charge in [-0.15, -0.1) is 0 Å². The molecular formula is C13H22O2.